The standard InChI is InChI=1S/C18H22N/c1-3-9-17(10-4-1)13-7-8-15-19-16-14-18-11-5-2-6-12-18/h1-6,9-12H,7-8,13-16H2. The van der Waals surface area contributed by atoms with Gasteiger partial charge in [0.2, 0.25) is 0 Å². The Morgan fingerprint density at radius 2 is 1.16 bits per heavy atom. The maximum absolute atomic E-state index is 4.60. The van der Waals surface area contributed by atoms with Crippen molar-refractivity contribution in [1.29, 1.82) is 0 Å². The van der Waals surface area contributed by atoms with Gasteiger partial charge in [-0.25, -0.2) is 5.32 Å². The lowest BCUT2D eigenvalue weighted by Crippen LogP contribution is -2.10. The van der Waals surface area contributed by atoms with Gasteiger partial charge >= 0.3 is 0 Å². The summed E-state index contributed by atoms with van der Waals surface area (Å²) in [5, 5.41) is 4.60. The molecule has 0 unspecified atom stereocenters. The SMILES string of the molecule is c1ccc(CCCC[N]CCc2ccccc2)cc1. The lowest BCUT2D eigenvalue weighted by Gasteiger charge is -2.03. The summed E-state index contributed by atoms with van der Waals surface area (Å²) in [5.74, 6) is 0. The van der Waals surface area contributed by atoms with Crippen molar-refractivity contribution in [2.75, 3.05) is 13.1 Å². The largest absolute Gasteiger partial charge is 0.241 e. The molecule has 99 valence electrons. The van der Waals surface area contributed by atoms with Crippen LogP contribution < -0.4 is 5.32 Å². The summed E-state index contributed by atoms with van der Waals surface area (Å²) in [6.07, 6.45) is 4.68. The third-order valence-corrected chi connectivity index (χ3v) is 3.28. The summed E-state index contributed by atoms with van der Waals surface area (Å²) in [7, 11) is 0. The van der Waals surface area contributed by atoms with Crippen LogP contribution >= 0.6 is 0 Å². The van der Waals surface area contributed by atoms with Crippen molar-refractivity contribution in [3.05, 3.63) is 71.8 Å². The van der Waals surface area contributed by atoms with E-state index < -0.39 is 0 Å². The zero-order valence-electron chi connectivity index (χ0n) is 11.5. The van der Waals surface area contributed by atoms with Gasteiger partial charge in [-0.15, -0.1) is 0 Å². The summed E-state index contributed by atoms with van der Waals surface area (Å²) in [5.41, 5.74) is 2.82. The first-order valence-corrected chi connectivity index (χ1v) is 7.16. The molecule has 0 aliphatic heterocycles. The molecule has 0 saturated heterocycles. The van der Waals surface area contributed by atoms with Crippen LogP contribution in [0.15, 0.2) is 60.7 Å². The van der Waals surface area contributed by atoms with Crippen molar-refractivity contribution in [2.45, 2.75) is 25.7 Å². The molecule has 0 atom stereocenters. The number of benzene rings is 2. The van der Waals surface area contributed by atoms with Crippen molar-refractivity contribution in [2.24, 2.45) is 0 Å². The molecule has 1 heteroatoms. The number of rotatable bonds is 8. The monoisotopic (exact) mass is 252 g/mol. The number of hydrogen-bond donors (Lipinski definition) is 0. The van der Waals surface area contributed by atoms with Crippen LogP contribution in [-0.2, 0) is 12.8 Å². The average Bonchev–Trinajstić information content (AvgIpc) is 2.48. The van der Waals surface area contributed by atoms with E-state index in [0.29, 0.717) is 0 Å². The maximum atomic E-state index is 4.60. The Morgan fingerprint density at radius 3 is 1.79 bits per heavy atom. The predicted octanol–water partition coefficient (Wildman–Crippen LogP) is 3.86. The van der Waals surface area contributed by atoms with Gasteiger partial charge in [-0.2, -0.15) is 0 Å². The molecule has 19 heavy (non-hydrogen) atoms. The number of unbranched alkanes of at least 4 members (excludes halogenated alkanes) is 1. The van der Waals surface area contributed by atoms with Crippen molar-refractivity contribution in [3.63, 3.8) is 0 Å². The van der Waals surface area contributed by atoms with E-state index in [1.54, 1.807) is 0 Å². The fourth-order valence-electron chi connectivity index (χ4n) is 2.16. The van der Waals surface area contributed by atoms with Gasteiger partial charge in [0.25, 0.3) is 0 Å². The highest BCUT2D eigenvalue weighted by Gasteiger charge is 1.94. The summed E-state index contributed by atoms with van der Waals surface area (Å²) < 4.78 is 0. The van der Waals surface area contributed by atoms with Crippen molar-refractivity contribution < 1.29 is 0 Å². The molecule has 2 aromatic rings. The molecule has 0 N–H and O–H groups in total. The lowest BCUT2D eigenvalue weighted by atomic mass is 10.1. The van der Waals surface area contributed by atoms with E-state index in [2.05, 4.69) is 66.0 Å². The molecule has 0 heterocycles. The minimum Gasteiger partial charge on any atom is -0.241 e. The summed E-state index contributed by atoms with van der Waals surface area (Å²) in [6, 6.07) is 21.3. The number of hydrogen-bond acceptors (Lipinski definition) is 0. The minimum absolute atomic E-state index is 0.954. The normalized spacial score (nSPS) is 10.5. The Balaban J connectivity index is 1.49. The van der Waals surface area contributed by atoms with E-state index in [-0.39, 0.29) is 0 Å². The van der Waals surface area contributed by atoms with E-state index >= 15 is 0 Å². The van der Waals surface area contributed by atoms with Crippen LogP contribution in [-0.4, -0.2) is 13.1 Å². The maximum Gasteiger partial charge on any atom is 0.0173 e. The highest BCUT2D eigenvalue weighted by Crippen LogP contribution is 2.04. The molecule has 0 bridgehead atoms. The third-order valence-electron chi connectivity index (χ3n) is 3.28. The Labute approximate surface area is 116 Å². The molecule has 2 aromatic carbocycles. The number of nitrogens with zero attached hydrogens (tertiary/aromatic N) is 1. The van der Waals surface area contributed by atoms with Crippen LogP contribution in [0, 0.1) is 0 Å². The molecule has 1 radical (unpaired) electrons. The summed E-state index contributed by atoms with van der Waals surface area (Å²) in [6.45, 7) is 1.95. The van der Waals surface area contributed by atoms with Crippen LogP contribution in [0.5, 0.6) is 0 Å². The van der Waals surface area contributed by atoms with Gasteiger partial charge in [0.15, 0.2) is 0 Å². The molecule has 0 fully saturated rings. The van der Waals surface area contributed by atoms with Gasteiger partial charge in [0.1, 0.15) is 0 Å². The topological polar surface area (TPSA) is 14.1 Å². The van der Waals surface area contributed by atoms with Crippen molar-refractivity contribution >= 4 is 0 Å². The highest BCUT2D eigenvalue weighted by molar-refractivity contribution is 5.15. The van der Waals surface area contributed by atoms with E-state index in [9.17, 15) is 0 Å². The van der Waals surface area contributed by atoms with Gasteiger partial charge in [-0.3, -0.25) is 0 Å². The van der Waals surface area contributed by atoms with Gasteiger partial charge in [-0.05, 0) is 36.8 Å². The average molecular weight is 252 g/mol. The number of aryl methyl sites for hydroxylation is 1. The predicted molar refractivity (Wildman–Crippen MR) is 81.4 cm³/mol. The molecular formula is C18H22N. The molecule has 0 aliphatic carbocycles. The third kappa shape index (κ3) is 5.71. The molecular weight excluding hydrogens is 230 g/mol. The molecule has 0 amide bonds. The second kappa shape index (κ2) is 8.49. The van der Waals surface area contributed by atoms with E-state index in [0.717, 1.165) is 19.5 Å². The lowest BCUT2D eigenvalue weighted by molar-refractivity contribution is 0.612. The quantitative estimate of drug-likeness (QED) is 0.633. The van der Waals surface area contributed by atoms with E-state index in [1.165, 1.54) is 30.4 Å². The van der Waals surface area contributed by atoms with Crippen LogP contribution in [0.2, 0.25) is 0 Å². The van der Waals surface area contributed by atoms with Gasteiger partial charge in [0, 0.05) is 13.1 Å². The fourth-order valence-corrected chi connectivity index (χ4v) is 2.16. The first kappa shape index (κ1) is 13.8. The Morgan fingerprint density at radius 1 is 0.579 bits per heavy atom. The van der Waals surface area contributed by atoms with Crippen LogP contribution in [0.4, 0.5) is 0 Å². The van der Waals surface area contributed by atoms with E-state index in [1.807, 2.05) is 0 Å². The zero-order chi connectivity index (χ0) is 13.2. The van der Waals surface area contributed by atoms with Crippen LogP contribution in [0.1, 0.15) is 24.0 Å². The Kier molecular flexibility index (Phi) is 6.18. The minimum atomic E-state index is 0.954. The highest BCUT2D eigenvalue weighted by atomic mass is 14.8. The van der Waals surface area contributed by atoms with Crippen LogP contribution in [0.25, 0.3) is 0 Å². The van der Waals surface area contributed by atoms with Gasteiger partial charge < -0.3 is 0 Å². The zero-order valence-corrected chi connectivity index (χ0v) is 11.5. The second-order valence-electron chi connectivity index (χ2n) is 4.85. The second-order valence-corrected chi connectivity index (χ2v) is 4.85. The first-order valence-electron chi connectivity index (χ1n) is 7.16. The molecule has 2 rings (SSSR count). The van der Waals surface area contributed by atoms with Gasteiger partial charge in [-0.1, -0.05) is 60.7 Å². The van der Waals surface area contributed by atoms with Crippen LogP contribution in [0.3, 0.4) is 0 Å². The Bertz CT molecular complexity index is 392. The Hall–Kier alpha value is -1.60. The molecule has 1 nitrogen and oxygen atoms in total. The molecule has 0 aliphatic rings. The van der Waals surface area contributed by atoms with E-state index in [4.69, 9.17) is 0 Å². The molecule has 0 saturated carbocycles. The van der Waals surface area contributed by atoms with Crippen molar-refractivity contribution in [1.82, 2.24) is 5.32 Å². The summed E-state index contributed by atoms with van der Waals surface area (Å²) in [4.78, 5) is 0. The molecule has 0 aromatic heterocycles. The summed E-state index contributed by atoms with van der Waals surface area (Å²) >= 11 is 0. The van der Waals surface area contributed by atoms with Gasteiger partial charge in [0.05, 0.1) is 0 Å². The molecule has 0 spiro atoms. The first-order chi connectivity index (χ1) is 9.45. The smallest absolute Gasteiger partial charge is 0.0173 e. The van der Waals surface area contributed by atoms with Crippen molar-refractivity contribution in [3.8, 4) is 0 Å². The fraction of sp³-hybridized carbons (Fsp3) is 0.333.